The van der Waals surface area contributed by atoms with Crippen molar-refractivity contribution in [3.05, 3.63) is 69.6 Å². The fraction of sp³-hybridized carbons (Fsp3) is 0.278. The number of nitrogens with zero attached hydrogens (tertiary/aromatic N) is 1. The van der Waals surface area contributed by atoms with Crippen LogP contribution in [0.1, 0.15) is 27.9 Å². The molecular weight excluding hydrogens is 306 g/mol. The Labute approximate surface area is 140 Å². The molecule has 0 unspecified atom stereocenters. The minimum absolute atomic E-state index is 0.0714. The molecule has 0 aliphatic carbocycles. The standard InChI is InChI=1S/C18H21N3O3/c1-13-5-3-6-14(11-13)12-21-10-4-7-15(18(21)24)17(23)20-9-8-16(22)19-2/h3-7,10-11H,8-9,12H2,1-2H3,(H,19,22)(H,20,23). The number of pyridine rings is 1. The smallest absolute Gasteiger partial charge is 0.263 e. The first-order valence-corrected chi connectivity index (χ1v) is 7.75. The van der Waals surface area contributed by atoms with Gasteiger partial charge in [0.1, 0.15) is 5.56 Å². The van der Waals surface area contributed by atoms with Gasteiger partial charge in [0.05, 0.1) is 6.54 Å². The monoisotopic (exact) mass is 327 g/mol. The van der Waals surface area contributed by atoms with Crippen LogP contribution < -0.4 is 16.2 Å². The molecule has 0 saturated carbocycles. The number of aromatic nitrogens is 1. The van der Waals surface area contributed by atoms with Crippen molar-refractivity contribution in [1.82, 2.24) is 15.2 Å². The van der Waals surface area contributed by atoms with Gasteiger partial charge in [-0.15, -0.1) is 0 Å². The molecule has 1 heterocycles. The number of hydrogen-bond donors (Lipinski definition) is 2. The summed E-state index contributed by atoms with van der Waals surface area (Å²) in [5, 5.41) is 5.07. The quantitative estimate of drug-likeness (QED) is 0.833. The second kappa shape index (κ2) is 8.10. The highest BCUT2D eigenvalue weighted by Gasteiger charge is 2.12. The van der Waals surface area contributed by atoms with E-state index in [-0.39, 0.29) is 30.0 Å². The Morgan fingerprint density at radius 1 is 1.17 bits per heavy atom. The Balaban J connectivity index is 2.11. The van der Waals surface area contributed by atoms with Gasteiger partial charge in [0.2, 0.25) is 5.91 Å². The third-order valence-corrected chi connectivity index (χ3v) is 3.62. The molecule has 0 aliphatic rings. The molecule has 6 nitrogen and oxygen atoms in total. The normalized spacial score (nSPS) is 10.2. The van der Waals surface area contributed by atoms with Gasteiger partial charge in [0.15, 0.2) is 0 Å². The van der Waals surface area contributed by atoms with Crippen LogP contribution in [0.2, 0.25) is 0 Å². The zero-order chi connectivity index (χ0) is 17.5. The van der Waals surface area contributed by atoms with Crippen LogP contribution in [-0.2, 0) is 11.3 Å². The van der Waals surface area contributed by atoms with Crippen LogP contribution in [0.4, 0.5) is 0 Å². The third-order valence-electron chi connectivity index (χ3n) is 3.62. The summed E-state index contributed by atoms with van der Waals surface area (Å²) < 4.78 is 1.50. The largest absolute Gasteiger partial charge is 0.359 e. The Kier molecular flexibility index (Phi) is 5.89. The zero-order valence-electron chi connectivity index (χ0n) is 13.8. The van der Waals surface area contributed by atoms with Crippen molar-refractivity contribution >= 4 is 11.8 Å². The fourth-order valence-electron chi connectivity index (χ4n) is 2.35. The fourth-order valence-corrected chi connectivity index (χ4v) is 2.35. The predicted octanol–water partition coefficient (Wildman–Crippen LogP) is 1.07. The van der Waals surface area contributed by atoms with Gasteiger partial charge >= 0.3 is 0 Å². The Morgan fingerprint density at radius 3 is 2.67 bits per heavy atom. The first-order valence-electron chi connectivity index (χ1n) is 7.75. The summed E-state index contributed by atoms with van der Waals surface area (Å²) in [5.74, 6) is -0.636. The van der Waals surface area contributed by atoms with Gasteiger partial charge in [-0.2, -0.15) is 0 Å². The van der Waals surface area contributed by atoms with E-state index in [4.69, 9.17) is 0 Å². The van der Waals surface area contributed by atoms with Crippen LogP contribution in [0, 0.1) is 6.92 Å². The number of hydrogen-bond acceptors (Lipinski definition) is 3. The van der Waals surface area contributed by atoms with Crippen LogP contribution in [0.5, 0.6) is 0 Å². The molecule has 1 aromatic carbocycles. The van der Waals surface area contributed by atoms with E-state index in [0.717, 1.165) is 11.1 Å². The molecule has 2 aromatic rings. The molecular formula is C18H21N3O3. The van der Waals surface area contributed by atoms with Gasteiger partial charge in [-0.05, 0) is 24.6 Å². The molecule has 0 bridgehead atoms. The summed E-state index contributed by atoms with van der Waals surface area (Å²) in [4.78, 5) is 35.8. The van der Waals surface area contributed by atoms with Gasteiger partial charge in [-0.3, -0.25) is 14.4 Å². The first kappa shape index (κ1) is 17.5. The minimum atomic E-state index is -0.470. The number of nitrogens with one attached hydrogen (secondary N) is 2. The summed E-state index contributed by atoms with van der Waals surface area (Å²) >= 11 is 0. The van der Waals surface area contributed by atoms with E-state index in [2.05, 4.69) is 10.6 Å². The summed E-state index contributed by atoms with van der Waals surface area (Å²) in [6, 6.07) is 11.0. The predicted molar refractivity (Wildman–Crippen MR) is 92.0 cm³/mol. The number of benzene rings is 1. The maximum atomic E-state index is 12.5. The van der Waals surface area contributed by atoms with E-state index in [1.54, 1.807) is 12.3 Å². The van der Waals surface area contributed by atoms with Gasteiger partial charge in [-0.25, -0.2) is 0 Å². The van der Waals surface area contributed by atoms with Gasteiger partial charge in [0.25, 0.3) is 11.5 Å². The molecule has 6 heteroatoms. The van der Waals surface area contributed by atoms with E-state index in [0.29, 0.717) is 6.54 Å². The second-order valence-electron chi connectivity index (χ2n) is 5.52. The molecule has 24 heavy (non-hydrogen) atoms. The van der Waals surface area contributed by atoms with E-state index >= 15 is 0 Å². The lowest BCUT2D eigenvalue weighted by Gasteiger charge is -2.09. The van der Waals surface area contributed by atoms with Crippen molar-refractivity contribution in [3.8, 4) is 0 Å². The molecule has 0 aliphatic heterocycles. The van der Waals surface area contributed by atoms with Crippen LogP contribution in [0.15, 0.2) is 47.4 Å². The van der Waals surface area contributed by atoms with Gasteiger partial charge in [-0.1, -0.05) is 29.8 Å². The van der Waals surface area contributed by atoms with Crippen molar-refractivity contribution < 1.29 is 9.59 Å². The maximum Gasteiger partial charge on any atom is 0.263 e. The van der Waals surface area contributed by atoms with Crippen molar-refractivity contribution in [2.75, 3.05) is 13.6 Å². The van der Waals surface area contributed by atoms with Crippen LogP contribution >= 0.6 is 0 Å². The van der Waals surface area contributed by atoms with Crippen molar-refractivity contribution in [2.45, 2.75) is 19.9 Å². The summed E-state index contributed by atoms with van der Waals surface area (Å²) in [7, 11) is 1.53. The average molecular weight is 327 g/mol. The zero-order valence-corrected chi connectivity index (χ0v) is 13.8. The SMILES string of the molecule is CNC(=O)CCNC(=O)c1cccn(Cc2cccc(C)c2)c1=O. The highest BCUT2D eigenvalue weighted by Crippen LogP contribution is 2.05. The van der Waals surface area contributed by atoms with E-state index < -0.39 is 5.91 Å². The number of carbonyl (C=O) groups excluding carboxylic acids is 2. The molecule has 0 saturated heterocycles. The Morgan fingerprint density at radius 2 is 1.96 bits per heavy atom. The molecule has 2 rings (SSSR count). The average Bonchev–Trinajstić information content (AvgIpc) is 2.56. The maximum absolute atomic E-state index is 12.5. The van der Waals surface area contributed by atoms with Crippen molar-refractivity contribution in [2.24, 2.45) is 0 Å². The molecule has 0 fully saturated rings. The molecule has 0 spiro atoms. The summed E-state index contributed by atoms with van der Waals surface area (Å²) in [6.07, 6.45) is 1.83. The number of rotatable bonds is 6. The van der Waals surface area contributed by atoms with Gasteiger partial charge < -0.3 is 15.2 Å². The second-order valence-corrected chi connectivity index (χ2v) is 5.52. The lowest BCUT2D eigenvalue weighted by molar-refractivity contribution is -0.120. The Bertz CT molecular complexity index is 796. The number of carbonyl (C=O) groups is 2. The lowest BCUT2D eigenvalue weighted by atomic mass is 10.1. The topological polar surface area (TPSA) is 80.2 Å². The van der Waals surface area contributed by atoms with E-state index in [9.17, 15) is 14.4 Å². The third kappa shape index (κ3) is 4.55. The number of amides is 2. The highest BCUT2D eigenvalue weighted by molar-refractivity contribution is 5.94. The number of aryl methyl sites for hydroxylation is 1. The van der Waals surface area contributed by atoms with Crippen LogP contribution in [0.3, 0.4) is 0 Å². The van der Waals surface area contributed by atoms with Crippen LogP contribution in [-0.4, -0.2) is 30.0 Å². The molecule has 0 radical (unpaired) electrons. The molecule has 2 N–H and O–H groups in total. The van der Waals surface area contributed by atoms with Crippen molar-refractivity contribution in [3.63, 3.8) is 0 Å². The summed E-state index contributed by atoms with van der Waals surface area (Å²) in [5.41, 5.74) is 1.83. The molecule has 1 aromatic heterocycles. The minimum Gasteiger partial charge on any atom is -0.359 e. The highest BCUT2D eigenvalue weighted by atomic mass is 16.2. The van der Waals surface area contributed by atoms with Gasteiger partial charge in [0, 0.05) is 26.2 Å². The molecule has 0 atom stereocenters. The molecule has 2 amide bonds. The van der Waals surface area contributed by atoms with Crippen molar-refractivity contribution in [1.29, 1.82) is 0 Å². The molecule has 126 valence electrons. The summed E-state index contributed by atoms with van der Waals surface area (Å²) in [6.45, 7) is 2.58. The Hall–Kier alpha value is -2.89. The van der Waals surface area contributed by atoms with Crippen LogP contribution in [0.25, 0.3) is 0 Å². The first-order chi connectivity index (χ1) is 11.5. The van der Waals surface area contributed by atoms with E-state index in [1.807, 2.05) is 31.2 Å². The van der Waals surface area contributed by atoms with E-state index in [1.165, 1.54) is 17.7 Å². The lowest BCUT2D eigenvalue weighted by Crippen LogP contribution is -2.34.